The molecule has 0 aromatic heterocycles. The second-order valence-corrected chi connectivity index (χ2v) is 11.6. The summed E-state index contributed by atoms with van der Waals surface area (Å²) in [5, 5.41) is 2.16. The van der Waals surface area contributed by atoms with Gasteiger partial charge in [0, 0.05) is 6.42 Å². The quantitative estimate of drug-likeness (QED) is 0.205. The third kappa shape index (κ3) is 5.22. The summed E-state index contributed by atoms with van der Waals surface area (Å²) in [6.07, 6.45) is 2.40. The van der Waals surface area contributed by atoms with Gasteiger partial charge >= 0.3 is 5.97 Å². The maximum Gasteiger partial charge on any atom is 0.375 e. The van der Waals surface area contributed by atoms with Crippen LogP contribution in [0.3, 0.4) is 0 Å². The highest BCUT2D eigenvalue weighted by Crippen LogP contribution is 2.46. The molecule has 0 saturated heterocycles. The minimum Gasteiger partial charge on any atom is -0.455 e. The van der Waals surface area contributed by atoms with Gasteiger partial charge in [0.15, 0.2) is 0 Å². The zero-order valence-corrected chi connectivity index (χ0v) is 22.1. The van der Waals surface area contributed by atoms with Crippen molar-refractivity contribution >= 4 is 22.5 Å². The molecule has 0 unspecified atom stereocenters. The number of Topliss-reactive ketones (excluding diaryl/α,β-unsaturated/α-hetero) is 1. The topological polar surface area (TPSA) is 43.4 Å². The Morgan fingerprint density at radius 2 is 1.32 bits per heavy atom. The standard InChI is InChI=1S/C34H34O3/c1-33(2)16-17-34(3,4)30-21-27(14-15-29(30)33)26-13-12-25-11-10-24(18-28(25)20-26)19-31(35)32(36)37-22-23-8-6-5-7-9-23/h5-15,18,20-21H,16-17,19,22H2,1-4H3. The molecule has 4 aromatic carbocycles. The van der Waals surface area contributed by atoms with E-state index in [-0.39, 0.29) is 23.9 Å². The number of esters is 1. The highest BCUT2D eigenvalue weighted by atomic mass is 16.5. The van der Waals surface area contributed by atoms with Gasteiger partial charge in [-0.1, -0.05) is 107 Å². The van der Waals surface area contributed by atoms with Crippen LogP contribution in [0.15, 0.2) is 84.9 Å². The summed E-state index contributed by atoms with van der Waals surface area (Å²) in [5.74, 6) is -1.33. The Labute approximate surface area is 219 Å². The number of carbonyl (C=O) groups is 2. The van der Waals surface area contributed by atoms with Crippen LogP contribution in [-0.4, -0.2) is 11.8 Å². The SMILES string of the molecule is CC1(C)CCC(C)(C)c2cc(-c3ccc4ccc(CC(=O)C(=O)OCc5ccccc5)cc4c3)ccc21. The average Bonchev–Trinajstić information content (AvgIpc) is 2.90. The Morgan fingerprint density at radius 3 is 2.08 bits per heavy atom. The molecule has 0 spiro atoms. The lowest BCUT2D eigenvalue weighted by atomic mass is 9.63. The summed E-state index contributed by atoms with van der Waals surface area (Å²) in [6.45, 7) is 9.48. The van der Waals surface area contributed by atoms with Crippen LogP contribution in [0.5, 0.6) is 0 Å². The molecule has 37 heavy (non-hydrogen) atoms. The molecule has 0 heterocycles. The molecule has 4 aromatic rings. The molecule has 1 aliphatic carbocycles. The van der Waals surface area contributed by atoms with E-state index in [1.165, 1.54) is 29.5 Å². The minimum atomic E-state index is -0.794. The van der Waals surface area contributed by atoms with E-state index in [1.54, 1.807) is 0 Å². The molecular formula is C34H34O3. The van der Waals surface area contributed by atoms with Crippen LogP contribution in [-0.2, 0) is 38.2 Å². The molecule has 0 aliphatic heterocycles. The van der Waals surface area contributed by atoms with Crippen molar-refractivity contribution in [2.75, 3.05) is 0 Å². The van der Waals surface area contributed by atoms with E-state index < -0.39 is 11.8 Å². The van der Waals surface area contributed by atoms with Crippen molar-refractivity contribution in [3.05, 3.63) is 107 Å². The molecule has 0 amide bonds. The van der Waals surface area contributed by atoms with Crippen molar-refractivity contribution in [3.63, 3.8) is 0 Å². The largest absolute Gasteiger partial charge is 0.455 e. The lowest BCUT2D eigenvalue weighted by Gasteiger charge is -2.42. The second-order valence-electron chi connectivity index (χ2n) is 11.6. The third-order valence-electron chi connectivity index (χ3n) is 7.90. The van der Waals surface area contributed by atoms with Crippen LogP contribution in [0.1, 0.15) is 62.8 Å². The van der Waals surface area contributed by atoms with Crippen molar-refractivity contribution in [3.8, 4) is 11.1 Å². The number of ether oxygens (including phenoxy) is 1. The van der Waals surface area contributed by atoms with E-state index in [0.717, 1.165) is 27.5 Å². The zero-order valence-electron chi connectivity index (χ0n) is 22.1. The molecule has 1 aliphatic rings. The normalized spacial score (nSPS) is 15.7. The number of benzene rings is 4. The molecular weight excluding hydrogens is 456 g/mol. The Morgan fingerprint density at radius 1 is 0.676 bits per heavy atom. The van der Waals surface area contributed by atoms with Crippen molar-refractivity contribution in [2.24, 2.45) is 0 Å². The van der Waals surface area contributed by atoms with Gasteiger partial charge in [-0.05, 0) is 73.9 Å². The van der Waals surface area contributed by atoms with Gasteiger partial charge in [-0.25, -0.2) is 4.79 Å². The lowest BCUT2D eigenvalue weighted by Crippen LogP contribution is -2.33. The van der Waals surface area contributed by atoms with Crippen LogP contribution in [0, 0.1) is 0 Å². The lowest BCUT2D eigenvalue weighted by molar-refractivity contribution is -0.154. The number of fused-ring (bicyclic) bond motifs is 2. The van der Waals surface area contributed by atoms with Gasteiger partial charge in [0.05, 0.1) is 0 Å². The summed E-state index contributed by atoms with van der Waals surface area (Å²) in [6, 6.07) is 28.7. The summed E-state index contributed by atoms with van der Waals surface area (Å²) < 4.78 is 5.21. The fourth-order valence-electron chi connectivity index (χ4n) is 5.42. The van der Waals surface area contributed by atoms with Crippen molar-refractivity contribution in [1.29, 1.82) is 0 Å². The molecule has 5 rings (SSSR count). The molecule has 0 N–H and O–H groups in total. The monoisotopic (exact) mass is 490 g/mol. The first-order valence-electron chi connectivity index (χ1n) is 13.0. The van der Waals surface area contributed by atoms with E-state index in [1.807, 2.05) is 48.5 Å². The summed E-state index contributed by atoms with van der Waals surface area (Å²) in [4.78, 5) is 24.8. The zero-order chi connectivity index (χ0) is 26.2. The second kappa shape index (κ2) is 9.63. The van der Waals surface area contributed by atoms with Gasteiger partial charge in [-0.3, -0.25) is 4.79 Å². The molecule has 3 heteroatoms. The first-order valence-corrected chi connectivity index (χ1v) is 13.0. The van der Waals surface area contributed by atoms with Crippen LogP contribution < -0.4 is 0 Å². The Hall–Kier alpha value is -3.72. The number of hydrogen-bond donors (Lipinski definition) is 0. The van der Waals surface area contributed by atoms with Gasteiger partial charge in [0.25, 0.3) is 0 Å². The molecule has 0 radical (unpaired) electrons. The first kappa shape index (κ1) is 25.0. The predicted octanol–water partition coefficient (Wildman–Crippen LogP) is 7.71. The minimum absolute atomic E-state index is 0.0237. The summed E-state index contributed by atoms with van der Waals surface area (Å²) >= 11 is 0. The van der Waals surface area contributed by atoms with Crippen molar-refractivity contribution in [1.82, 2.24) is 0 Å². The van der Waals surface area contributed by atoms with Crippen molar-refractivity contribution in [2.45, 2.75) is 64.4 Å². The van der Waals surface area contributed by atoms with Crippen molar-refractivity contribution < 1.29 is 14.3 Å². The molecule has 188 valence electrons. The number of hydrogen-bond acceptors (Lipinski definition) is 3. The Bertz CT molecular complexity index is 1480. The van der Waals surface area contributed by atoms with E-state index >= 15 is 0 Å². The Balaban J connectivity index is 1.37. The molecule has 0 atom stereocenters. The van der Waals surface area contributed by atoms with Gasteiger partial charge < -0.3 is 4.74 Å². The summed E-state index contributed by atoms with van der Waals surface area (Å²) in [5.41, 5.74) is 7.26. The predicted molar refractivity (Wildman–Crippen MR) is 150 cm³/mol. The fraction of sp³-hybridized carbons (Fsp3) is 0.294. The van der Waals surface area contributed by atoms with Crippen LogP contribution >= 0.6 is 0 Å². The average molecular weight is 491 g/mol. The molecule has 0 saturated carbocycles. The number of rotatable bonds is 6. The number of carbonyl (C=O) groups excluding carboxylic acids is 2. The highest BCUT2D eigenvalue weighted by molar-refractivity contribution is 6.34. The van der Waals surface area contributed by atoms with Crippen LogP contribution in [0.2, 0.25) is 0 Å². The molecule has 0 bridgehead atoms. The van der Waals surface area contributed by atoms with E-state index in [9.17, 15) is 9.59 Å². The fourth-order valence-corrected chi connectivity index (χ4v) is 5.42. The number of ketones is 1. The first-order chi connectivity index (χ1) is 17.6. The Kier molecular flexibility index (Phi) is 6.49. The van der Waals surface area contributed by atoms with E-state index in [0.29, 0.717) is 0 Å². The molecule has 0 fully saturated rings. The maximum atomic E-state index is 12.5. The van der Waals surface area contributed by atoms with Gasteiger partial charge in [-0.15, -0.1) is 0 Å². The van der Waals surface area contributed by atoms with Gasteiger partial charge in [0.2, 0.25) is 5.78 Å². The van der Waals surface area contributed by atoms with Gasteiger partial charge in [0.1, 0.15) is 6.61 Å². The van der Waals surface area contributed by atoms with Crippen LogP contribution in [0.25, 0.3) is 21.9 Å². The maximum absolute atomic E-state index is 12.5. The van der Waals surface area contributed by atoms with Crippen LogP contribution in [0.4, 0.5) is 0 Å². The van der Waals surface area contributed by atoms with Gasteiger partial charge in [-0.2, -0.15) is 0 Å². The molecule has 3 nitrogen and oxygen atoms in total. The third-order valence-corrected chi connectivity index (χ3v) is 7.90. The summed E-state index contributed by atoms with van der Waals surface area (Å²) in [7, 11) is 0. The van der Waals surface area contributed by atoms with E-state index in [2.05, 4.69) is 64.1 Å². The highest BCUT2D eigenvalue weighted by Gasteiger charge is 2.37. The smallest absolute Gasteiger partial charge is 0.375 e. The van der Waals surface area contributed by atoms with E-state index in [4.69, 9.17) is 4.74 Å².